The van der Waals surface area contributed by atoms with E-state index in [1.807, 2.05) is 0 Å². The first-order valence-electron chi connectivity index (χ1n) is 6.80. The summed E-state index contributed by atoms with van der Waals surface area (Å²) < 4.78 is 5.31. The van der Waals surface area contributed by atoms with E-state index in [1.54, 1.807) is 0 Å². The number of hydrogen-bond acceptors (Lipinski definition) is 2. The van der Waals surface area contributed by atoms with Crippen LogP contribution in [-0.2, 0) is 4.74 Å². The molecule has 0 aliphatic carbocycles. The van der Waals surface area contributed by atoms with Crippen LogP contribution in [0.25, 0.3) is 0 Å². The zero-order valence-corrected chi connectivity index (χ0v) is 11.5. The highest BCUT2D eigenvalue weighted by Gasteiger charge is 2.24. The zero-order valence-electron chi connectivity index (χ0n) is 11.5. The largest absolute Gasteiger partial charge is 0.378 e. The van der Waals surface area contributed by atoms with Crippen LogP contribution in [0.15, 0.2) is 4.99 Å². The van der Waals surface area contributed by atoms with E-state index in [0.29, 0.717) is 11.4 Å². The summed E-state index contributed by atoms with van der Waals surface area (Å²) in [5.41, 5.74) is 6.37. The van der Waals surface area contributed by atoms with Crippen LogP contribution in [0.2, 0.25) is 0 Å². The van der Waals surface area contributed by atoms with Gasteiger partial charge in [-0.05, 0) is 24.7 Å². The Morgan fingerprint density at radius 2 is 1.71 bits per heavy atom. The lowest BCUT2D eigenvalue weighted by atomic mass is 9.80. The normalized spacial score (nSPS) is 18.5. The van der Waals surface area contributed by atoms with Gasteiger partial charge in [0.1, 0.15) is 0 Å². The molecule has 0 atom stereocenters. The van der Waals surface area contributed by atoms with Crippen molar-refractivity contribution in [3.05, 3.63) is 0 Å². The smallest absolute Gasteiger partial charge is 0.191 e. The zero-order chi connectivity index (χ0) is 12.7. The Labute approximate surface area is 105 Å². The van der Waals surface area contributed by atoms with Crippen LogP contribution < -0.4 is 5.73 Å². The summed E-state index contributed by atoms with van der Waals surface area (Å²) in [6, 6.07) is 0. The summed E-state index contributed by atoms with van der Waals surface area (Å²) in [4.78, 5) is 6.72. The van der Waals surface area contributed by atoms with Crippen molar-refractivity contribution in [3.63, 3.8) is 0 Å². The summed E-state index contributed by atoms with van der Waals surface area (Å²) >= 11 is 0. The Bertz CT molecular complexity index is 235. The van der Waals surface area contributed by atoms with Gasteiger partial charge in [-0.25, -0.2) is 0 Å². The third-order valence-corrected chi connectivity index (χ3v) is 4.16. The molecule has 4 heteroatoms. The van der Waals surface area contributed by atoms with Gasteiger partial charge in [0.15, 0.2) is 5.96 Å². The van der Waals surface area contributed by atoms with Gasteiger partial charge in [0.2, 0.25) is 0 Å². The molecule has 2 N–H and O–H groups in total. The third-order valence-electron chi connectivity index (χ3n) is 4.16. The first-order chi connectivity index (χ1) is 8.17. The molecule has 0 amide bonds. The van der Waals surface area contributed by atoms with Gasteiger partial charge in [0, 0.05) is 19.6 Å². The lowest BCUT2D eigenvalue weighted by Gasteiger charge is -2.31. The molecule has 0 aromatic carbocycles. The quantitative estimate of drug-likeness (QED) is 0.590. The molecular weight excluding hydrogens is 214 g/mol. The second-order valence-electron chi connectivity index (χ2n) is 4.83. The van der Waals surface area contributed by atoms with Crippen molar-refractivity contribution in [2.45, 2.75) is 40.0 Å². The highest BCUT2D eigenvalue weighted by atomic mass is 16.5. The van der Waals surface area contributed by atoms with Gasteiger partial charge in [-0.3, -0.25) is 4.99 Å². The van der Waals surface area contributed by atoms with E-state index in [1.165, 1.54) is 19.3 Å². The van der Waals surface area contributed by atoms with Gasteiger partial charge in [-0.1, -0.05) is 20.8 Å². The van der Waals surface area contributed by atoms with E-state index in [0.717, 1.165) is 32.8 Å². The van der Waals surface area contributed by atoms with Crippen molar-refractivity contribution in [1.82, 2.24) is 4.90 Å². The fourth-order valence-electron chi connectivity index (χ4n) is 2.23. The van der Waals surface area contributed by atoms with Crippen LogP contribution in [0.4, 0.5) is 0 Å². The number of rotatable bonds is 5. The van der Waals surface area contributed by atoms with Crippen LogP contribution in [-0.4, -0.2) is 43.7 Å². The van der Waals surface area contributed by atoms with Gasteiger partial charge in [0.05, 0.1) is 13.2 Å². The molecule has 0 bridgehead atoms. The van der Waals surface area contributed by atoms with E-state index >= 15 is 0 Å². The van der Waals surface area contributed by atoms with Crippen LogP contribution >= 0.6 is 0 Å². The molecule has 0 spiro atoms. The van der Waals surface area contributed by atoms with E-state index in [4.69, 9.17) is 10.5 Å². The first kappa shape index (κ1) is 14.3. The molecule has 0 radical (unpaired) electrons. The Kier molecular flexibility index (Phi) is 5.75. The van der Waals surface area contributed by atoms with Crippen molar-refractivity contribution >= 4 is 5.96 Å². The van der Waals surface area contributed by atoms with Crippen LogP contribution in [0.1, 0.15) is 40.0 Å². The minimum atomic E-state index is 0.330. The number of nitrogens with zero attached hydrogens (tertiary/aromatic N) is 2. The van der Waals surface area contributed by atoms with Crippen molar-refractivity contribution in [3.8, 4) is 0 Å². The molecule has 1 rings (SSSR count). The summed E-state index contributed by atoms with van der Waals surface area (Å²) in [6.45, 7) is 10.8. The van der Waals surface area contributed by atoms with Crippen molar-refractivity contribution in [2.75, 3.05) is 32.8 Å². The van der Waals surface area contributed by atoms with Gasteiger partial charge >= 0.3 is 0 Å². The Morgan fingerprint density at radius 1 is 1.18 bits per heavy atom. The van der Waals surface area contributed by atoms with Crippen molar-refractivity contribution in [2.24, 2.45) is 16.1 Å². The molecule has 1 fully saturated rings. The second-order valence-corrected chi connectivity index (χ2v) is 4.83. The summed E-state index contributed by atoms with van der Waals surface area (Å²) in [7, 11) is 0. The summed E-state index contributed by atoms with van der Waals surface area (Å²) in [6.07, 6.45) is 3.50. The summed E-state index contributed by atoms with van der Waals surface area (Å²) in [5.74, 6) is 0.688. The van der Waals surface area contributed by atoms with Gasteiger partial charge in [-0.15, -0.1) is 0 Å². The average molecular weight is 241 g/mol. The predicted octanol–water partition coefficient (Wildman–Crippen LogP) is 1.85. The Morgan fingerprint density at radius 3 is 2.18 bits per heavy atom. The molecule has 17 heavy (non-hydrogen) atoms. The van der Waals surface area contributed by atoms with Gasteiger partial charge in [0.25, 0.3) is 0 Å². The van der Waals surface area contributed by atoms with Crippen LogP contribution in [0.3, 0.4) is 0 Å². The Balaban J connectivity index is 2.55. The standard InChI is InChI=1S/C13H27N3O/c1-4-13(5-2,6-3)11-15-12(14)16-7-9-17-10-8-16/h4-11H2,1-3H3,(H2,14,15). The van der Waals surface area contributed by atoms with E-state index in [9.17, 15) is 0 Å². The lowest BCUT2D eigenvalue weighted by Crippen LogP contribution is -2.45. The number of guanidine groups is 1. The van der Waals surface area contributed by atoms with Crippen molar-refractivity contribution in [1.29, 1.82) is 0 Å². The maximum Gasteiger partial charge on any atom is 0.191 e. The minimum absolute atomic E-state index is 0.330. The lowest BCUT2D eigenvalue weighted by molar-refractivity contribution is 0.0672. The van der Waals surface area contributed by atoms with E-state index in [-0.39, 0.29) is 0 Å². The molecular formula is C13H27N3O. The SMILES string of the molecule is CCC(CC)(CC)CN=C(N)N1CCOCC1. The molecule has 1 aliphatic heterocycles. The molecule has 0 aromatic heterocycles. The molecule has 1 saturated heterocycles. The molecule has 1 aliphatic rings. The minimum Gasteiger partial charge on any atom is -0.378 e. The number of ether oxygens (including phenoxy) is 1. The van der Waals surface area contributed by atoms with Gasteiger partial charge in [-0.2, -0.15) is 0 Å². The maximum absolute atomic E-state index is 6.04. The topological polar surface area (TPSA) is 50.8 Å². The monoisotopic (exact) mass is 241 g/mol. The second kappa shape index (κ2) is 6.84. The van der Waals surface area contributed by atoms with Gasteiger partial charge < -0.3 is 15.4 Å². The average Bonchev–Trinajstić information content (AvgIpc) is 2.41. The highest BCUT2D eigenvalue weighted by Crippen LogP contribution is 2.30. The number of aliphatic imine (C=N–C) groups is 1. The third kappa shape index (κ3) is 3.87. The summed E-state index contributed by atoms with van der Waals surface area (Å²) in [5, 5.41) is 0. The maximum atomic E-state index is 6.04. The van der Waals surface area contributed by atoms with E-state index in [2.05, 4.69) is 30.7 Å². The molecule has 1 heterocycles. The molecule has 0 unspecified atom stereocenters. The molecule has 4 nitrogen and oxygen atoms in total. The van der Waals surface area contributed by atoms with E-state index < -0.39 is 0 Å². The van der Waals surface area contributed by atoms with Crippen LogP contribution in [0.5, 0.6) is 0 Å². The fourth-order valence-corrected chi connectivity index (χ4v) is 2.23. The molecule has 0 saturated carbocycles. The molecule has 100 valence electrons. The van der Waals surface area contributed by atoms with Crippen molar-refractivity contribution < 1.29 is 4.74 Å². The number of hydrogen-bond donors (Lipinski definition) is 1. The number of nitrogens with two attached hydrogens (primary N) is 1. The molecule has 0 aromatic rings. The Hall–Kier alpha value is -0.770. The predicted molar refractivity (Wildman–Crippen MR) is 72.2 cm³/mol. The van der Waals surface area contributed by atoms with Crippen LogP contribution in [0, 0.1) is 5.41 Å². The highest BCUT2D eigenvalue weighted by molar-refractivity contribution is 5.78. The fraction of sp³-hybridized carbons (Fsp3) is 0.923. The number of morpholine rings is 1. The first-order valence-corrected chi connectivity index (χ1v) is 6.80.